The molecule has 5 nitrogen and oxygen atoms in total. The fraction of sp³-hybridized carbons (Fsp3) is 0.261. The van der Waals surface area contributed by atoms with Crippen molar-refractivity contribution in [3.8, 4) is 11.4 Å². The summed E-state index contributed by atoms with van der Waals surface area (Å²) in [7, 11) is 0. The lowest BCUT2D eigenvalue weighted by molar-refractivity contribution is 0.100. The van der Waals surface area contributed by atoms with Crippen molar-refractivity contribution in [1.82, 2.24) is 4.57 Å². The molecular weight excluding hydrogens is 350 g/mol. The number of benzene rings is 1. The first-order valence-electron chi connectivity index (χ1n) is 9.24. The van der Waals surface area contributed by atoms with Crippen LogP contribution in [-0.4, -0.2) is 15.6 Å². The van der Waals surface area contributed by atoms with Gasteiger partial charge in [-0.1, -0.05) is 29.9 Å². The van der Waals surface area contributed by atoms with Gasteiger partial charge < -0.3 is 16.6 Å². The fourth-order valence-corrected chi connectivity index (χ4v) is 3.18. The zero-order chi connectivity index (χ0) is 21.0. The van der Waals surface area contributed by atoms with Crippen LogP contribution in [0.2, 0.25) is 0 Å². The number of aromatic hydroxyl groups is 1. The van der Waals surface area contributed by atoms with Gasteiger partial charge in [0.15, 0.2) is 0 Å². The largest absolute Gasteiger partial charge is 0.508 e. The number of nitrogens with zero attached hydrogens (tertiary/aromatic N) is 1. The SMILES string of the molecule is C=C(C)CCC/C(C)=C/C=c1\c(=C)c(C(N)=O)c(N)n1-c1cc(O)ccc1C. The van der Waals surface area contributed by atoms with Crippen LogP contribution in [0.25, 0.3) is 18.3 Å². The number of aromatic nitrogens is 1. The molecule has 0 saturated heterocycles. The summed E-state index contributed by atoms with van der Waals surface area (Å²) in [5.74, 6) is -0.306. The van der Waals surface area contributed by atoms with Gasteiger partial charge in [-0.15, -0.1) is 6.58 Å². The summed E-state index contributed by atoms with van der Waals surface area (Å²) >= 11 is 0. The van der Waals surface area contributed by atoms with Crippen LogP contribution in [0.1, 0.15) is 49.0 Å². The third kappa shape index (κ3) is 4.55. The van der Waals surface area contributed by atoms with Gasteiger partial charge in [-0.3, -0.25) is 9.36 Å². The van der Waals surface area contributed by atoms with Crippen molar-refractivity contribution in [2.75, 3.05) is 5.73 Å². The van der Waals surface area contributed by atoms with E-state index in [1.165, 1.54) is 11.1 Å². The summed E-state index contributed by atoms with van der Waals surface area (Å²) in [5.41, 5.74) is 15.9. The summed E-state index contributed by atoms with van der Waals surface area (Å²) in [4.78, 5) is 11.9. The maximum atomic E-state index is 11.9. The smallest absolute Gasteiger partial charge is 0.253 e. The van der Waals surface area contributed by atoms with Crippen LogP contribution >= 0.6 is 0 Å². The number of anilines is 1. The van der Waals surface area contributed by atoms with Gasteiger partial charge in [0.2, 0.25) is 0 Å². The molecule has 1 aromatic carbocycles. The van der Waals surface area contributed by atoms with E-state index in [2.05, 4.69) is 20.1 Å². The van der Waals surface area contributed by atoms with Gasteiger partial charge in [0.05, 0.1) is 16.6 Å². The number of nitrogen functional groups attached to an aromatic ring is 1. The van der Waals surface area contributed by atoms with E-state index in [0.717, 1.165) is 24.8 Å². The number of primary amides is 1. The molecule has 0 saturated carbocycles. The molecule has 0 aliphatic heterocycles. The minimum Gasteiger partial charge on any atom is -0.508 e. The molecule has 2 aromatic rings. The fourth-order valence-electron chi connectivity index (χ4n) is 3.18. The minimum atomic E-state index is -0.629. The molecule has 5 heteroatoms. The van der Waals surface area contributed by atoms with E-state index in [1.807, 2.05) is 26.0 Å². The molecule has 2 rings (SSSR count). The Morgan fingerprint density at radius 2 is 1.96 bits per heavy atom. The summed E-state index contributed by atoms with van der Waals surface area (Å²) < 4.78 is 1.72. The van der Waals surface area contributed by atoms with E-state index in [1.54, 1.807) is 22.8 Å². The summed E-state index contributed by atoms with van der Waals surface area (Å²) in [6.07, 6.45) is 6.86. The number of phenols is 1. The Hall–Kier alpha value is -3.21. The normalized spacial score (nSPS) is 12.4. The van der Waals surface area contributed by atoms with E-state index >= 15 is 0 Å². The zero-order valence-electron chi connectivity index (χ0n) is 16.9. The standard InChI is InChI=1S/C23H29N3O2/c1-14(2)7-6-8-15(3)9-12-19-17(5)21(23(25)28)22(24)26(19)20-13-18(27)11-10-16(20)4/h9-13,27H,1,5-8,24H2,2-4H3,(H2,25,28)/b15-9+,19-12+. The Labute approximate surface area is 166 Å². The van der Waals surface area contributed by atoms with E-state index in [-0.39, 0.29) is 17.1 Å². The van der Waals surface area contributed by atoms with Crippen LogP contribution in [0, 0.1) is 6.92 Å². The first-order valence-corrected chi connectivity index (χ1v) is 9.24. The molecule has 1 aromatic heterocycles. The number of hydrogen-bond donors (Lipinski definition) is 3. The molecule has 5 N–H and O–H groups in total. The number of carbonyl (C=O) groups is 1. The number of carbonyl (C=O) groups excluding carboxylic acids is 1. The molecule has 1 heterocycles. The van der Waals surface area contributed by atoms with Gasteiger partial charge in [-0.25, -0.2) is 0 Å². The van der Waals surface area contributed by atoms with Gasteiger partial charge in [0.25, 0.3) is 5.91 Å². The first-order chi connectivity index (χ1) is 13.1. The predicted molar refractivity (Wildman–Crippen MR) is 117 cm³/mol. The molecular formula is C23H29N3O2. The first kappa shape index (κ1) is 21.1. The molecule has 28 heavy (non-hydrogen) atoms. The van der Waals surface area contributed by atoms with E-state index in [9.17, 15) is 9.90 Å². The third-order valence-corrected chi connectivity index (χ3v) is 4.73. The second-order valence-electron chi connectivity index (χ2n) is 7.28. The van der Waals surface area contributed by atoms with Crippen molar-refractivity contribution in [2.45, 2.75) is 40.0 Å². The number of hydrogen-bond acceptors (Lipinski definition) is 3. The lowest BCUT2D eigenvalue weighted by Crippen LogP contribution is -2.31. The van der Waals surface area contributed by atoms with Gasteiger partial charge >= 0.3 is 0 Å². The summed E-state index contributed by atoms with van der Waals surface area (Å²) in [6.45, 7) is 13.9. The average Bonchev–Trinajstić information content (AvgIpc) is 2.85. The molecule has 0 fully saturated rings. The molecule has 0 spiro atoms. The van der Waals surface area contributed by atoms with Crippen LogP contribution in [0.15, 0.2) is 42.0 Å². The van der Waals surface area contributed by atoms with Crippen LogP contribution in [0.4, 0.5) is 5.82 Å². The number of amides is 1. The number of rotatable bonds is 7. The van der Waals surface area contributed by atoms with Crippen molar-refractivity contribution in [2.24, 2.45) is 5.73 Å². The Balaban J connectivity index is 2.65. The van der Waals surface area contributed by atoms with Crippen molar-refractivity contribution in [1.29, 1.82) is 0 Å². The number of nitrogens with two attached hydrogens (primary N) is 2. The Bertz CT molecular complexity index is 1060. The lowest BCUT2D eigenvalue weighted by atomic mass is 10.1. The molecule has 0 radical (unpaired) electrons. The maximum absolute atomic E-state index is 11.9. The van der Waals surface area contributed by atoms with E-state index < -0.39 is 5.91 Å². The predicted octanol–water partition coefficient (Wildman–Crippen LogP) is 3.06. The maximum Gasteiger partial charge on any atom is 0.253 e. The third-order valence-electron chi connectivity index (χ3n) is 4.73. The highest BCUT2D eigenvalue weighted by atomic mass is 16.3. The highest BCUT2D eigenvalue weighted by Gasteiger charge is 2.18. The molecule has 1 amide bonds. The van der Waals surface area contributed by atoms with Gasteiger partial charge in [0.1, 0.15) is 11.6 Å². The minimum absolute atomic E-state index is 0.109. The van der Waals surface area contributed by atoms with Crippen LogP contribution in [-0.2, 0) is 0 Å². The van der Waals surface area contributed by atoms with Crippen LogP contribution in [0.5, 0.6) is 5.75 Å². The number of allylic oxidation sites excluding steroid dienone is 3. The second-order valence-corrected chi connectivity index (χ2v) is 7.28. The molecule has 0 aliphatic carbocycles. The molecule has 0 unspecified atom stereocenters. The van der Waals surface area contributed by atoms with Gasteiger partial charge in [-0.05, 0) is 57.7 Å². The summed E-state index contributed by atoms with van der Waals surface area (Å²) in [6, 6.07) is 5.00. The van der Waals surface area contributed by atoms with Crippen molar-refractivity contribution < 1.29 is 9.90 Å². The quantitative estimate of drug-likeness (QED) is 0.645. The Morgan fingerprint density at radius 1 is 1.29 bits per heavy atom. The Morgan fingerprint density at radius 3 is 2.57 bits per heavy atom. The number of aryl methyl sites for hydroxylation is 1. The van der Waals surface area contributed by atoms with Crippen molar-refractivity contribution >= 4 is 24.4 Å². The molecule has 0 bridgehead atoms. The lowest BCUT2D eigenvalue weighted by Gasteiger charge is -2.11. The molecule has 148 valence electrons. The zero-order valence-corrected chi connectivity index (χ0v) is 16.9. The summed E-state index contributed by atoms with van der Waals surface area (Å²) in [5, 5.41) is 11.1. The second kappa shape index (κ2) is 8.65. The van der Waals surface area contributed by atoms with Crippen molar-refractivity contribution in [3.05, 3.63) is 63.7 Å². The van der Waals surface area contributed by atoms with E-state index in [4.69, 9.17) is 11.5 Å². The van der Waals surface area contributed by atoms with Gasteiger partial charge in [0, 0.05) is 11.3 Å². The average molecular weight is 380 g/mol. The number of phenolic OH excluding ortho intramolecular Hbond substituents is 1. The topological polar surface area (TPSA) is 94.3 Å². The van der Waals surface area contributed by atoms with Gasteiger partial charge in [-0.2, -0.15) is 0 Å². The molecule has 0 atom stereocenters. The van der Waals surface area contributed by atoms with Crippen LogP contribution in [0.3, 0.4) is 0 Å². The Kier molecular flexibility index (Phi) is 6.52. The van der Waals surface area contributed by atoms with E-state index in [0.29, 0.717) is 16.3 Å². The highest BCUT2D eigenvalue weighted by molar-refractivity contribution is 5.98. The molecule has 0 aliphatic rings. The van der Waals surface area contributed by atoms with Crippen LogP contribution < -0.4 is 22.0 Å². The van der Waals surface area contributed by atoms with Crippen molar-refractivity contribution in [3.63, 3.8) is 0 Å². The highest BCUT2D eigenvalue weighted by Crippen LogP contribution is 2.22. The monoisotopic (exact) mass is 379 g/mol.